The maximum absolute atomic E-state index is 5.41. The van der Waals surface area contributed by atoms with Crippen molar-refractivity contribution < 1.29 is 0 Å². The van der Waals surface area contributed by atoms with Crippen LogP contribution in [0.4, 0.5) is 0 Å². The highest BCUT2D eigenvalue weighted by atomic mass is 35.5. The summed E-state index contributed by atoms with van der Waals surface area (Å²) in [7, 11) is 0. The van der Waals surface area contributed by atoms with Crippen molar-refractivity contribution in [1.29, 1.82) is 0 Å². The molecule has 9 heavy (non-hydrogen) atoms. The minimum Gasteiger partial charge on any atom is -0.326 e. The summed E-state index contributed by atoms with van der Waals surface area (Å²) in [6.07, 6.45) is 11.1. The summed E-state index contributed by atoms with van der Waals surface area (Å²) in [6, 6.07) is -0.00926. The lowest BCUT2D eigenvalue weighted by Gasteiger charge is -1.98. The fourth-order valence-electron chi connectivity index (χ4n) is 0.375. The van der Waals surface area contributed by atoms with Gasteiger partial charge >= 0.3 is 0 Å². The van der Waals surface area contributed by atoms with Gasteiger partial charge in [-0.15, -0.1) is 37.1 Å². The Morgan fingerprint density at radius 2 is 1.56 bits per heavy atom. The van der Waals surface area contributed by atoms with Gasteiger partial charge in [0.2, 0.25) is 0 Å². The van der Waals surface area contributed by atoms with Crippen molar-refractivity contribution in [1.82, 2.24) is 0 Å². The third-order valence-corrected chi connectivity index (χ3v) is 0.760. The minimum absolute atomic E-state index is 0. The molecule has 0 aliphatic carbocycles. The molecule has 0 aliphatic heterocycles. The highest BCUT2D eigenvalue weighted by Gasteiger charge is 1.93. The summed E-state index contributed by atoms with van der Waals surface area (Å²) in [4.78, 5) is 0. The second-order valence-corrected chi connectivity index (χ2v) is 1.58. The Morgan fingerprint density at radius 1 is 1.22 bits per heavy atom. The first-order chi connectivity index (χ1) is 3.81. The first kappa shape index (κ1) is 11.2. The lowest BCUT2D eigenvalue weighted by Crippen LogP contribution is -2.17. The first-order valence-corrected chi connectivity index (χ1v) is 2.43. The van der Waals surface area contributed by atoms with Gasteiger partial charge in [-0.2, -0.15) is 0 Å². The van der Waals surface area contributed by atoms with Gasteiger partial charge < -0.3 is 5.73 Å². The molecule has 0 amide bonds. The predicted octanol–water partition coefficient (Wildman–Crippen LogP) is 0.782. The Balaban J connectivity index is 0. The number of halogens is 1. The fourth-order valence-corrected chi connectivity index (χ4v) is 0.375. The van der Waals surface area contributed by atoms with E-state index in [4.69, 9.17) is 18.6 Å². The van der Waals surface area contributed by atoms with E-state index >= 15 is 0 Å². The summed E-state index contributed by atoms with van der Waals surface area (Å²) in [5.74, 6) is 4.86. The smallest absolute Gasteiger partial charge is 0.0260 e. The summed E-state index contributed by atoms with van der Waals surface area (Å²) in [5.41, 5.74) is 5.41. The third kappa shape index (κ3) is 7.37. The number of hydrogen-bond donors (Lipinski definition) is 1. The molecule has 0 spiro atoms. The molecule has 0 fully saturated rings. The monoisotopic (exact) mass is 143 g/mol. The Bertz CT molecular complexity index is 113. The van der Waals surface area contributed by atoms with Gasteiger partial charge in [-0.3, -0.25) is 0 Å². The average molecular weight is 144 g/mol. The number of nitrogens with two attached hydrogens (primary N) is 1. The third-order valence-electron chi connectivity index (χ3n) is 0.760. The molecule has 0 unspecified atom stereocenters. The van der Waals surface area contributed by atoms with E-state index in [0.29, 0.717) is 12.8 Å². The fraction of sp³-hybridized carbons (Fsp3) is 0.429. The van der Waals surface area contributed by atoms with E-state index in [0.717, 1.165) is 0 Å². The molecular formula is C7H10ClN. The molecule has 0 atom stereocenters. The molecular weight excluding hydrogens is 134 g/mol. The van der Waals surface area contributed by atoms with Crippen molar-refractivity contribution in [2.75, 3.05) is 0 Å². The Labute approximate surface area is 62.4 Å². The van der Waals surface area contributed by atoms with Gasteiger partial charge in [-0.05, 0) is 0 Å². The number of terminal acetylenes is 2. The molecule has 0 saturated carbocycles. The Hall–Kier alpha value is -0.630. The van der Waals surface area contributed by atoms with Crippen LogP contribution in [0.3, 0.4) is 0 Å². The molecule has 0 radical (unpaired) electrons. The molecule has 0 rings (SSSR count). The van der Waals surface area contributed by atoms with Crippen molar-refractivity contribution in [3.05, 3.63) is 0 Å². The van der Waals surface area contributed by atoms with Crippen LogP contribution in [0.15, 0.2) is 0 Å². The van der Waals surface area contributed by atoms with Crippen LogP contribution in [0.1, 0.15) is 12.8 Å². The molecule has 0 aromatic carbocycles. The van der Waals surface area contributed by atoms with E-state index in [1.807, 2.05) is 0 Å². The number of hydrogen-bond acceptors (Lipinski definition) is 1. The summed E-state index contributed by atoms with van der Waals surface area (Å²) >= 11 is 0. The predicted molar refractivity (Wildman–Crippen MR) is 42.1 cm³/mol. The molecule has 0 aromatic rings. The molecule has 2 N–H and O–H groups in total. The molecule has 0 aliphatic rings. The SMILES string of the molecule is C#CCC(N)CC#C.Cl. The standard InChI is InChI=1S/C7H9N.ClH/c1-3-5-7(8)6-4-2;/h1-2,7H,5-6,8H2;1H. The first-order valence-electron chi connectivity index (χ1n) is 2.43. The normalized spacial score (nSPS) is 7.11. The molecule has 50 valence electrons. The molecule has 0 aromatic heterocycles. The van der Waals surface area contributed by atoms with Gasteiger partial charge in [0.25, 0.3) is 0 Å². The second-order valence-electron chi connectivity index (χ2n) is 1.58. The minimum atomic E-state index is -0.00926. The summed E-state index contributed by atoms with van der Waals surface area (Å²) < 4.78 is 0. The maximum Gasteiger partial charge on any atom is 0.0260 e. The van der Waals surface area contributed by atoms with Gasteiger partial charge in [0, 0.05) is 18.9 Å². The van der Waals surface area contributed by atoms with Crippen LogP contribution in [0, 0.1) is 24.7 Å². The van der Waals surface area contributed by atoms with Crippen LogP contribution >= 0.6 is 12.4 Å². The van der Waals surface area contributed by atoms with Crippen LogP contribution in [0.25, 0.3) is 0 Å². The van der Waals surface area contributed by atoms with Crippen molar-refractivity contribution in [3.8, 4) is 24.7 Å². The number of rotatable bonds is 2. The highest BCUT2D eigenvalue weighted by Crippen LogP contribution is 1.88. The highest BCUT2D eigenvalue weighted by molar-refractivity contribution is 5.85. The van der Waals surface area contributed by atoms with Gasteiger partial charge in [0.15, 0.2) is 0 Å². The van der Waals surface area contributed by atoms with Crippen molar-refractivity contribution >= 4 is 12.4 Å². The lowest BCUT2D eigenvalue weighted by molar-refractivity contribution is 0.717. The second kappa shape index (κ2) is 7.37. The van der Waals surface area contributed by atoms with Crippen molar-refractivity contribution in [3.63, 3.8) is 0 Å². The Kier molecular flexibility index (Phi) is 9.18. The molecule has 0 bridgehead atoms. The topological polar surface area (TPSA) is 26.0 Å². The van der Waals surface area contributed by atoms with E-state index in [1.54, 1.807) is 0 Å². The van der Waals surface area contributed by atoms with Crippen LogP contribution in [0.5, 0.6) is 0 Å². The molecule has 2 heteroatoms. The lowest BCUT2D eigenvalue weighted by atomic mass is 10.2. The summed E-state index contributed by atoms with van der Waals surface area (Å²) in [5, 5.41) is 0. The van der Waals surface area contributed by atoms with E-state index in [-0.39, 0.29) is 18.4 Å². The van der Waals surface area contributed by atoms with Gasteiger partial charge in [-0.1, -0.05) is 0 Å². The van der Waals surface area contributed by atoms with Crippen LogP contribution in [0.2, 0.25) is 0 Å². The van der Waals surface area contributed by atoms with Crippen LogP contribution < -0.4 is 5.73 Å². The molecule has 0 saturated heterocycles. The van der Waals surface area contributed by atoms with Crippen LogP contribution in [-0.4, -0.2) is 6.04 Å². The van der Waals surface area contributed by atoms with Gasteiger partial charge in [0.1, 0.15) is 0 Å². The largest absolute Gasteiger partial charge is 0.326 e. The van der Waals surface area contributed by atoms with Crippen molar-refractivity contribution in [2.24, 2.45) is 5.73 Å². The molecule has 1 nitrogen and oxygen atoms in total. The van der Waals surface area contributed by atoms with Gasteiger partial charge in [-0.25, -0.2) is 0 Å². The zero-order valence-corrected chi connectivity index (χ0v) is 5.95. The van der Waals surface area contributed by atoms with E-state index in [1.165, 1.54) is 0 Å². The maximum atomic E-state index is 5.41. The van der Waals surface area contributed by atoms with E-state index in [9.17, 15) is 0 Å². The Morgan fingerprint density at radius 3 is 1.78 bits per heavy atom. The molecule has 0 heterocycles. The summed E-state index contributed by atoms with van der Waals surface area (Å²) in [6.45, 7) is 0. The quantitative estimate of drug-likeness (QED) is 0.569. The average Bonchev–Trinajstić information content (AvgIpc) is 1.68. The van der Waals surface area contributed by atoms with E-state index in [2.05, 4.69) is 11.8 Å². The van der Waals surface area contributed by atoms with E-state index < -0.39 is 0 Å². The zero-order valence-electron chi connectivity index (χ0n) is 5.13. The zero-order chi connectivity index (χ0) is 6.41. The van der Waals surface area contributed by atoms with Gasteiger partial charge in [0.05, 0.1) is 0 Å². The van der Waals surface area contributed by atoms with Crippen LogP contribution in [-0.2, 0) is 0 Å². The van der Waals surface area contributed by atoms with Crippen molar-refractivity contribution in [2.45, 2.75) is 18.9 Å².